The molecule has 0 spiro atoms. The minimum absolute atomic E-state index is 0.0393. The average Bonchev–Trinajstić information content (AvgIpc) is 3.36. The number of carbonyl (C=O) groups is 1. The molecule has 1 N–H and O–H groups in total. The number of likely N-dealkylation sites (tertiary alicyclic amines) is 1. The molecular formula is C21H25N5O2. The van der Waals surface area contributed by atoms with Crippen LogP contribution >= 0.6 is 0 Å². The predicted octanol–water partition coefficient (Wildman–Crippen LogP) is 3.16. The number of rotatable bonds is 5. The van der Waals surface area contributed by atoms with Crippen molar-refractivity contribution in [2.75, 3.05) is 20.2 Å². The van der Waals surface area contributed by atoms with E-state index < -0.39 is 0 Å². The van der Waals surface area contributed by atoms with Gasteiger partial charge < -0.3 is 19.5 Å². The molecule has 1 saturated heterocycles. The second kappa shape index (κ2) is 7.88. The van der Waals surface area contributed by atoms with E-state index in [-0.39, 0.29) is 11.9 Å². The average molecular weight is 379 g/mol. The van der Waals surface area contributed by atoms with Crippen LogP contribution in [0.5, 0.6) is 5.75 Å². The zero-order chi connectivity index (χ0) is 19.5. The third-order valence-corrected chi connectivity index (χ3v) is 5.27. The highest BCUT2D eigenvalue weighted by Crippen LogP contribution is 2.29. The monoisotopic (exact) mass is 379 g/mol. The number of pyridine rings is 1. The maximum Gasteiger partial charge on any atom is 0.317 e. The first-order valence-corrected chi connectivity index (χ1v) is 9.66. The summed E-state index contributed by atoms with van der Waals surface area (Å²) in [7, 11) is 1.64. The van der Waals surface area contributed by atoms with Crippen molar-refractivity contribution in [2.45, 2.75) is 32.4 Å². The van der Waals surface area contributed by atoms with Gasteiger partial charge in [0, 0.05) is 38.3 Å². The Balaban J connectivity index is 1.42. The third-order valence-electron chi connectivity index (χ3n) is 5.27. The van der Waals surface area contributed by atoms with Gasteiger partial charge in [-0.2, -0.15) is 0 Å². The van der Waals surface area contributed by atoms with Crippen LogP contribution in [0.4, 0.5) is 4.79 Å². The maximum atomic E-state index is 12.6. The molecule has 0 bridgehead atoms. The van der Waals surface area contributed by atoms with E-state index in [4.69, 9.17) is 9.72 Å². The lowest BCUT2D eigenvalue weighted by molar-refractivity contribution is 0.207. The molecule has 28 heavy (non-hydrogen) atoms. The lowest BCUT2D eigenvalue weighted by Gasteiger charge is -2.18. The largest absolute Gasteiger partial charge is 0.497 e. The molecule has 3 aromatic rings. The van der Waals surface area contributed by atoms with Gasteiger partial charge in [-0.1, -0.05) is 12.1 Å². The van der Waals surface area contributed by atoms with Gasteiger partial charge in [-0.05, 0) is 43.2 Å². The fraction of sp³-hybridized carbons (Fsp3) is 0.381. The molecule has 1 fully saturated rings. The van der Waals surface area contributed by atoms with Gasteiger partial charge in [-0.15, -0.1) is 0 Å². The molecule has 0 aliphatic carbocycles. The van der Waals surface area contributed by atoms with E-state index in [0.717, 1.165) is 47.8 Å². The maximum absolute atomic E-state index is 12.6. The fourth-order valence-electron chi connectivity index (χ4n) is 3.83. The second-order valence-electron chi connectivity index (χ2n) is 7.00. The second-order valence-corrected chi connectivity index (χ2v) is 7.00. The number of aromatic nitrogens is 3. The van der Waals surface area contributed by atoms with E-state index in [1.807, 2.05) is 41.3 Å². The van der Waals surface area contributed by atoms with Gasteiger partial charge in [0.1, 0.15) is 17.1 Å². The highest BCUT2D eigenvalue weighted by molar-refractivity contribution is 5.75. The Kier molecular flexibility index (Phi) is 5.14. The minimum atomic E-state index is -0.0393. The van der Waals surface area contributed by atoms with Crippen molar-refractivity contribution in [2.24, 2.45) is 0 Å². The Labute approximate surface area is 164 Å². The Morgan fingerprint density at radius 2 is 2.21 bits per heavy atom. The highest BCUT2D eigenvalue weighted by atomic mass is 16.5. The molecule has 7 nitrogen and oxygen atoms in total. The van der Waals surface area contributed by atoms with Crippen LogP contribution in [0.3, 0.4) is 0 Å². The Hall–Kier alpha value is -3.09. The van der Waals surface area contributed by atoms with E-state index in [2.05, 4.69) is 21.8 Å². The van der Waals surface area contributed by atoms with Crippen LogP contribution < -0.4 is 10.1 Å². The Bertz CT molecular complexity index is 984. The number of aryl methyl sites for hydroxylation is 1. The van der Waals surface area contributed by atoms with E-state index in [0.29, 0.717) is 13.1 Å². The quantitative estimate of drug-likeness (QED) is 0.739. The Morgan fingerprint density at radius 3 is 3.04 bits per heavy atom. The first kappa shape index (κ1) is 18.3. The molecule has 0 radical (unpaired) electrons. The van der Waals surface area contributed by atoms with Gasteiger partial charge in [-0.3, -0.25) is 0 Å². The van der Waals surface area contributed by atoms with Crippen LogP contribution in [0, 0.1) is 0 Å². The lowest BCUT2D eigenvalue weighted by atomic mass is 10.1. The molecule has 4 rings (SSSR count). The van der Waals surface area contributed by atoms with E-state index >= 15 is 0 Å². The number of carbonyl (C=O) groups excluding carboxylic acids is 1. The lowest BCUT2D eigenvalue weighted by Crippen LogP contribution is -2.38. The van der Waals surface area contributed by atoms with Crippen molar-refractivity contribution in [1.29, 1.82) is 0 Å². The van der Waals surface area contributed by atoms with Gasteiger partial charge in [0.15, 0.2) is 5.65 Å². The number of nitrogens with zero attached hydrogens (tertiary/aromatic N) is 4. The Morgan fingerprint density at radius 1 is 1.32 bits per heavy atom. The van der Waals surface area contributed by atoms with Crippen LogP contribution in [-0.2, 0) is 13.1 Å². The van der Waals surface area contributed by atoms with E-state index in [9.17, 15) is 4.79 Å². The molecule has 1 unspecified atom stereocenters. The minimum Gasteiger partial charge on any atom is -0.497 e. The van der Waals surface area contributed by atoms with Crippen LogP contribution in [-0.4, -0.2) is 45.7 Å². The summed E-state index contributed by atoms with van der Waals surface area (Å²) >= 11 is 0. The summed E-state index contributed by atoms with van der Waals surface area (Å²) in [6.07, 6.45) is 2.71. The van der Waals surface area contributed by atoms with Crippen molar-refractivity contribution >= 4 is 17.2 Å². The van der Waals surface area contributed by atoms with Crippen molar-refractivity contribution in [3.63, 3.8) is 0 Å². The molecule has 1 aromatic carbocycles. The van der Waals surface area contributed by atoms with Crippen LogP contribution in [0.25, 0.3) is 11.2 Å². The fourth-order valence-corrected chi connectivity index (χ4v) is 3.83. The summed E-state index contributed by atoms with van der Waals surface area (Å²) < 4.78 is 7.40. The summed E-state index contributed by atoms with van der Waals surface area (Å²) in [6, 6.07) is 11.6. The molecule has 1 atom stereocenters. The molecule has 1 aliphatic rings. The molecule has 3 heterocycles. The number of ether oxygens (including phenoxy) is 1. The summed E-state index contributed by atoms with van der Waals surface area (Å²) in [5.41, 5.74) is 2.85. The number of benzene rings is 1. The standard InChI is InChI=1S/C21H25N5O2/c1-3-26-19(24-18-8-5-10-22-20(18)26)16-9-11-25(14-16)21(27)23-13-15-6-4-7-17(12-15)28-2/h4-8,10,12,16H,3,9,11,13-14H2,1-2H3,(H,23,27). The molecule has 2 amide bonds. The van der Waals surface area contributed by atoms with Crippen LogP contribution in [0.2, 0.25) is 0 Å². The molecule has 0 saturated carbocycles. The number of hydrogen-bond acceptors (Lipinski definition) is 4. The SMILES string of the molecule is CCn1c(C2CCN(C(=O)NCc3cccc(OC)c3)C2)nc2cccnc21. The highest BCUT2D eigenvalue weighted by Gasteiger charge is 2.30. The third kappa shape index (κ3) is 3.52. The number of fused-ring (bicyclic) bond motifs is 1. The van der Waals surface area contributed by atoms with E-state index in [1.54, 1.807) is 13.3 Å². The van der Waals surface area contributed by atoms with Gasteiger partial charge in [0.2, 0.25) is 0 Å². The number of methoxy groups -OCH3 is 1. The number of urea groups is 1. The number of hydrogen-bond donors (Lipinski definition) is 1. The summed E-state index contributed by atoms with van der Waals surface area (Å²) in [5.74, 6) is 2.05. The number of imidazole rings is 1. The number of nitrogens with one attached hydrogen (secondary N) is 1. The summed E-state index contributed by atoms with van der Waals surface area (Å²) in [5, 5.41) is 3.01. The number of amides is 2. The molecule has 2 aromatic heterocycles. The normalized spacial score (nSPS) is 16.5. The first-order chi connectivity index (χ1) is 13.7. The van der Waals surface area contributed by atoms with Crippen molar-refractivity contribution < 1.29 is 9.53 Å². The smallest absolute Gasteiger partial charge is 0.317 e. The first-order valence-electron chi connectivity index (χ1n) is 9.66. The summed E-state index contributed by atoms with van der Waals surface area (Å²) in [6.45, 7) is 4.81. The topological polar surface area (TPSA) is 72.3 Å². The molecule has 1 aliphatic heterocycles. The van der Waals surface area contributed by atoms with Gasteiger partial charge >= 0.3 is 6.03 Å². The van der Waals surface area contributed by atoms with Crippen LogP contribution in [0.1, 0.15) is 30.7 Å². The van der Waals surface area contributed by atoms with Crippen LogP contribution in [0.15, 0.2) is 42.6 Å². The molecule has 146 valence electrons. The zero-order valence-corrected chi connectivity index (χ0v) is 16.3. The van der Waals surface area contributed by atoms with Crippen molar-refractivity contribution in [3.8, 4) is 5.75 Å². The molecule has 7 heteroatoms. The van der Waals surface area contributed by atoms with E-state index in [1.165, 1.54) is 0 Å². The van der Waals surface area contributed by atoms with Crippen molar-refractivity contribution in [3.05, 3.63) is 54.0 Å². The van der Waals surface area contributed by atoms with Gasteiger partial charge in [0.05, 0.1) is 7.11 Å². The molecular weight excluding hydrogens is 354 g/mol. The van der Waals surface area contributed by atoms with Crippen molar-refractivity contribution in [1.82, 2.24) is 24.8 Å². The van der Waals surface area contributed by atoms with Gasteiger partial charge in [0.25, 0.3) is 0 Å². The predicted molar refractivity (Wildman–Crippen MR) is 107 cm³/mol. The van der Waals surface area contributed by atoms with Gasteiger partial charge in [-0.25, -0.2) is 14.8 Å². The summed E-state index contributed by atoms with van der Waals surface area (Å²) in [4.78, 5) is 23.8. The zero-order valence-electron chi connectivity index (χ0n) is 16.3.